The number of carbonyl (C=O) groups excluding carboxylic acids is 1. The Labute approximate surface area is 129 Å². The fourth-order valence-electron chi connectivity index (χ4n) is 1.80. The third-order valence-electron chi connectivity index (χ3n) is 3.07. The summed E-state index contributed by atoms with van der Waals surface area (Å²) in [7, 11) is 1.56. The van der Waals surface area contributed by atoms with Gasteiger partial charge in [-0.1, -0.05) is 25.1 Å². The lowest BCUT2D eigenvalue weighted by molar-refractivity contribution is -0.152. The van der Waals surface area contributed by atoms with E-state index >= 15 is 0 Å². The third kappa shape index (κ3) is 4.22. The molecular formula is C17H18FNO3. The second kappa shape index (κ2) is 7.45. The van der Waals surface area contributed by atoms with Crippen molar-refractivity contribution in [2.45, 2.75) is 20.0 Å². The van der Waals surface area contributed by atoms with Crippen molar-refractivity contribution >= 4 is 5.91 Å². The fraction of sp³-hybridized carbons (Fsp3) is 0.235. The van der Waals surface area contributed by atoms with Crippen LogP contribution in [0, 0.1) is 5.82 Å². The van der Waals surface area contributed by atoms with Gasteiger partial charge in [0.15, 0.2) is 5.75 Å². The second-order valence-corrected chi connectivity index (χ2v) is 4.69. The van der Waals surface area contributed by atoms with Crippen LogP contribution in [0.25, 0.3) is 0 Å². The van der Waals surface area contributed by atoms with Gasteiger partial charge < -0.3 is 9.57 Å². The van der Waals surface area contributed by atoms with Crippen molar-refractivity contribution in [3.05, 3.63) is 59.9 Å². The average Bonchev–Trinajstić information content (AvgIpc) is 2.54. The Balaban J connectivity index is 1.92. The summed E-state index contributed by atoms with van der Waals surface area (Å²) >= 11 is 0. The minimum absolute atomic E-state index is 0.111. The first-order valence-corrected chi connectivity index (χ1v) is 7.01. The van der Waals surface area contributed by atoms with Crippen molar-refractivity contribution in [3.8, 4) is 11.5 Å². The molecule has 0 radical (unpaired) electrons. The van der Waals surface area contributed by atoms with Crippen molar-refractivity contribution in [2.24, 2.45) is 0 Å². The molecule has 0 N–H and O–H groups in total. The van der Waals surface area contributed by atoms with E-state index in [9.17, 15) is 9.18 Å². The average molecular weight is 303 g/mol. The highest BCUT2D eigenvalue weighted by atomic mass is 19.1. The van der Waals surface area contributed by atoms with Crippen molar-refractivity contribution in [3.63, 3.8) is 0 Å². The van der Waals surface area contributed by atoms with Gasteiger partial charge in [0.25, 0.3) is 5.91 Å². The van der Waals surface area contributed by atoms with Gasteiger partial charge >= 0.3 is 0 Å². The lowest BCUT2D eigenvalue weighted by atomic mass is 10.2. The minimum atomic E-state index is -0.290. The first kappa shape index (κ1) is 15.8. The molecule has 0 aliphatic heterocycles. The number of hydrogen-bond acceptors (Lipinski definition) is 3. The molecule has 2 aromatic rings. The molecule has 0 heterocycles. The standard InChI is InChI=1S/C17H18FNO3/c1-3-17(20)19(2)22-15-10-8-14(9-11-15)21-12-13-6-4-5-7-16(13)18/h4-11H,3,12H2,1-2H3. The molecule has 2 rings (SSSR count). The van der Waals surface area contributed by atoms with E-state index in [-0.39, 0.29) is 18.3 Å². The van der Waals surface area contributed by atoms with Crippen molar-refractivity contribution in [2.75, 3.05) is 7.05 Å². The number of hydrogen-bond donors (Lipinski definition) is 0. The number of benzene rings is 2. The molecular weight excluding hydrogens is 285 g/mol. The van der Waals surface area contributed by atoms with Crippen LogP contribution in [0.4, 0.5) is 4.39 Å². The molecule has 22 heavy (non-hydrogen) atoms. The number of rotatable bonds is 6. The molecule has 0 saturated carbocycles. The lowest BCUT2D eigenvalue weighted by Gasteiger charge is -2.17. The molecule has 1 amide bonds. The van der Waals surface area contributed by atoms with E-state index in [0.29, 0.717) is 23.5 Å². The van der Waals surface area contributed by atoms with Gasteiger partial charge in [0.2, 0.25) is 0 Å². The zero-order valence-electron chi connectivity index (χ0n) is 12.6. The summed E-state index contributed by atoms with van der Waals surface area (Å²) in [6, 6.07) is 13.3. The summed E-state index contributed by atoms with van der Waals surface area (Å²) in [6.07, 6.45) is 0.375. The SMILES string of the molecule is CCC(=O)N(C)Oc1ccc(OCc2ccccc2F)cc1. The Morgan fingerprint density at radius 1 is 1.09 bits per heavy atom. The monoisotopic (exact) mass is 303 g/mol. The van der Waals surface area contributed by atoms with Gasteiger partial charge in [0, 0.05) is 19.0 Å². The Bertz CT molecular complexity index is 628. The molecule has 0 saturated heterocycles. The zero-order chi connectivity index (χ0) is 15.9. The van der Waals surface area contributed by atoms with Crippen LogP contribution < -0.4 is 9.57 Å². The number of amides is 1. The van der Waals surface area contributed by atoms with Crippen molar-refractivity contribution < 1.29 is 18.8 Å². The molecule has 0 spiro atoms. The summed E-state index contributed by atoms with van der Waals surface area (Å²) in [6.45, 7) is 1.92. The van der Waals surface area contributed by atoms with E-state index in [2.05, 4.69) is 0 Å². The summed E-state index contributed by atoms with van der Waals surface area (Å²) in [5.41, 5.74) is 0.496. The molecule has 0 aliphatic carbocycles. The van der Waals surface area contributed by atoms with Crippen LogP contribution in [0.5, 0.6) is 11.5 Å². The largest absolute Gasteiger partial charge is 0.489 e. The predicted molar refractivity (Wildman–Crippen MR) is 80.9 cm³/mol. The highest BCUT2D eigenvalue weighted by Crippen LogP contribution is 2.20. The summed E-state index contributed by atoms with van der Waals surface area (Å²) in [5, 5.41) is 1.19. The Morgan fingerprint density at radius 2 is 1.73 bits per heavy atom. The number of hydroxylamine groups is 2. The quantitative estimate of drug-likeness (QED) is 0.766. The van der Waals surface area contributed by atoms with E-state index in [4.69, 9.17) is 9.57 Å². The molecule has 0 fully saturated rings. The van der Waals surface area contributed by atoms with Crippen LogP contribution in [0.3, 0.4) is 0 Å². The van der Waals surface area contributed by atoms with Crippen LogP contribution in [-0.4, -0.2) is 18.0 Å². The molecule has 2 aromatic carbocycles. The molecule has 5 heteroatoms. The van der Waals surface area contributed by atoms with Crippen LogP contribution >= 0.6 is 0 Å². The van der Waals surface area contributed by atoms with Gasteiger partial charge in [-0.25, -0.2) is 4.39 Å². The maximum Gasteiger partial charge on any atom is 0.254 e. The normalized spacial score (nSPS) is 10.1. The Kier molecular flexibility index (Phi) is 5.36. The number of ether oxygens (including phenoxy) is 1. The lowest BCUT2D eigenvalue weighted by Crippen LogP contribution is -2.29. The number of carbonyl (C=O) groups is 1. The van der Waals surface area contributed by atoms with Gasteiger partial charge in [-0.15, -0.1) is 0 Å². The Morgan fingerprint density at radius 3 is 2.36 bits per heavy atom. The Hall–Kier alpha value is -2.56. The van der Waals surface area contributed by atoms with Crippen LogP contribution in [0.1, 0.15) is 18.9 Å². The van der Waals surface area contributed by atoms with E-state index < -0.39 is 0 Å². The number of nitrogens with zero attached hydrogens (tertiary/aromatic N) is 1. The summed E-state index contributed by atoms with van der Waals surface area (Å²) < 4.78 is 19.0. The fourth-order valence-corrected chi connectivity index (χ4v) is 1.80. The van der Waals surface area contributed by atoms with Gasteiger partial charge in [0.05, 0.1) is 0 Å². The molecule has 0 atom stereocenters. The first-order valence-electron chi connectivity index (χ1n) is 7.01. The maximum atomic E-state index is 13.5. The molecule has 0 unspecified atom stereocenters. The molecule has 0 aliphatic rings. The summed E-state index contributed by atoms with van der Waals surface area (Å²) in [4.78, 5) is 16.8. The first-order chi connectivity index (χ1) is 10.6. The van der Waals surface area contributed by atoms with E-state index in [1.54, 1.807) is 56.4 Å². The van der Waals surface area contributed by atoms with Crippen LogP contribution in [0.2, 0.25) is 0 Å². The maximum absolute atomic E-state index is 13.5. The second-order valence-electron chi connectivity index (χ2n) is 4.69. The van der Waals surface area contributed by atoms with Gasteiger partial charge in [-0.05, 0) is 30.3 Å². The zero-order valence-corrected chi connectivity index (χ0v) is 12.6. The topological polar surface area (TPSA) is 38.8 Å². The summed E-state index contributed by atoms with van der Waals surface area (Å²) in [5.74, 6) is 0.727. The van der Waals surface area contributed by atoms with Crippen LogP contribution in [0.15, 0.2) is 48.5 Å². The highest BCUT2D eigenvalue weighted by Gasteiger charge is 2.08. The minimum Gasteiger partial charge on any atom is -0.489 e. The third-order valence-corrected chi connectivity index (χ3v) is 3.07. The molecule has 0 aromatic heterocycles. The predicted octanol–water partition coefficient (Wildman–Crippen LogP) is 3.57. The van der Waals surface area contributed by atoms with Crippen molar-refractivity contribution in [1.29, 1.82) is 0 Å². The highest BCUT2D eigenvalue weighted by molar-refractivity contribution is 5.74. The van der Waals surface area contributed by atoms with E-state index in [0.717, 1.165) is 0 Å². The van der Waals surface area contributed by atoms with Gasteiger partial charge in [-0.2, -0.15) is 5.06 Å². The molecule has 0 bridgehead atoms. The van der Waals surface area contributed by atoms with Gasteiger partial charge in [0.1, 0.15) is 18.2 Å². The number of halogens is 1. The van der Waals surface area contributed by atoms with E-state index in [1.165, 1.54) is 11.1 Å². The smallest absolute Gasteiger partial charge is 0.254 e. The van der Waals surface area contributed by atoms with Crippen molar-refractivity contribution in [1.82, 2.24) is 5.06 Å². The molecule has 116 valence electrons. The van der Waals surface area contributed by atoms with Crippen LogP contribution in [-0.2, 0) is 11.4 Å². The van der Waals surface area contributed by atoms with Gasteiger partial charge in [-0.3, -0.25) is 4.79 Å². The molecule has 4 nitrogen and oxygen atoms in total. The van der Waals surface area contributed by atoms with E-state index in [1.807, 2.05) is 0 Å².